The summed E-state index contributed by atoms with van der Waals surface area (Å²) in [7, 11) is 0. The summed E-state index contributed by atoms with van der Waals surface area (Å²) < 4.78 is 1.23. The summed E-state index contributed by atoms with van der Waals surface area (Å²) in [6.45, 7) is 2.26. The minimum atomic E-state index is 0.601. The van der Waals surface area contributed by atoms with Crippen LogP contribution in [0.5, 0.6) is 0 Å². The SMILES string of the molecule is Brc1ccccc1CN1CCCCC[C@H]1c1cccs1. The summed E-state index contributed by atoms with van der Waals surface area (Å²) in [5, 5.41) is 2.21. The molecule has 0 saturated carbocycles. The van der Waals surface area contributed by atoms with Gasteiger partial charge in [-0.3, -0.25) is 4.90 Å². The lowest BCUT2D eigenvalue weighted by Gasteiger charge is -2.29. The lowest BCUT2D eigenvalue weighted by atomic mass is 10.1. The highest BCUT2D eigenvalue weighted by Crippen LogP contribution is 2.34. The highest BCUT2D eigenvalue weighted by atomic mass is 79.9. The number of nitrogens with zero attached hydrogens (tertiary/aromatic N) is 1. The van der Waals surface area contributed by atoms with E-state index in [-0.39, 0.29) is 0 Å². The maximum absolute atomic E-state index is 3.69. The Morgan fingerprint density at radius 1 is 1.10 bits per heavy atom. The Bertz CT molecular complexity index is 538. The molecule has 1 atom stereocenters. The van der Waals surface area contributed by atoms with Gasteiger partial charge in [-0.05, 0) is 42.5 Å². The fourth-order valence-corrected chi connectivity index (χ4v) is 4.31. The number of hydrogen-bond donors (Lipinski definition) is 0. The fourth-order valence-electron chi connectivity index (χ4n) is 3.01. The zero-order valence-corrected chi connectivity index (χ0v) is 14.0. The molecule has 0 N–H and O–H groups in total. The van der Waals surface area contributed by atoms with Gasteiger partial charge in [0.2, 0.25) is 0 Å². The van der Waals surface area contributed by atoms with Crippen molar-refractivity contribution in [2.45, 2.75) is 38.3 Å². The molecule has 0 amide bonds. The Kier molecular flexibility index (Phi) is 4.92. The molecule has 3 rings (SSSR count). The van der Waals surface area contributed by atoms with Gasteiger partial charge in [0.15, 0.2) is 0 Å². The molecule has 0 bridgehead atoms. The van der Waals surface area contributed by atoms with Crippen LogP contribution in [0.4, 0.5) is 0 Å². The van der Waals surface area contributed by atoms with E-state index in [4.69, 9.17) is 0 Å². The molecule has 20 heavy (non-hydrogen) atoms. The Morgan fingerprint density at radius 2 is 2.00 bits per heavy atom. The Hall–Kier alpha value is -0.640. The van der Waals surface area contributed by atoms with Crippen molar-refractivity contribution in [3.63, 3.8) is 0 Å². The van der Waals surface area contributed by atoms with Gasteiger partial charge in [0.25, 0.3) is 0 Å². The van der Waals surface area contributed by atoms with Crippen LogP contribution in [0.2, 0.25) is 0 Å². The molecular weight excluding hydrogens is 330 g/mol. The van der Waals surface area contributed by atoms with Crippen molar-refractivity contribution >= 4 is 27.3 Å². The molecule has 0 spiro atoms. The van der Waals surface area contributed by atoms with E-state index in [1.54, 1.807) is 0 Å². The van der Waals surface area contributed by atoms with E-state index in [0.29, 0.717) is 6.04 Å². The summed E-state index contributed by atoms with van der Waals surface area (Å²) in [6, 6.07) is 13.7. The van der Waals surface area contributed by atoms with Gasteiger partial charge in [0.1, 0.15) is 0 Å². The van der Waals surface area contributed by atoms with Crippen LogP contribution < -0.4 is 0 Å². The van der Waals surface area contributed by atoms with E-state index >= 15 is 0 Å². The van der Waals surface area contributed by atoms with E-state index in [1.807, 2.05) is 11.3 Å². The number of hydrogen-bond acceptors (Lipinski definition) is 2. The van der Waals surface area contributed by atoms with Gasteiger partial charge in [-0.15, -0.1) is 11.3 Å². The van der Waals surface area contributed by atoms with E-state index in [2.05, 4.69) is 62.6 Å². The lowest BCUT2D eigenvalue weighted by molar-refractivity contribution is 0.195. The van der Waals surface area contributed by atoms with Crippen LogP contribution >= 0.6 is 27.3 Å². The highest BCUT2D eigenvalue weighted by Gasteiger charge is 2.23. The third-order valence-electron chi connectivity index (χ3n) is 4.07. The molecular formula is C17H20BrNS. The van der Waals surface area contributed by atoms with E-state index in [1.165, 1.54) is 47.1 Å². The molecule has 1 nitrogen and oxygen atoms in total. The van der Waals surface area contributed by atoms with Crippen molar-refractivity contribution in [1.82, 2.24) is 4.90 Å². The van der Waals surface area contributed by atoms with Crippen LogP contribution in [0.3, 0.4) is 0 Å². The monoisotopic (exact) mass is 349 g/mol. The van der Waals surface area contributed by atoms with Crippen molar-refractivity contribution in [1.29, 1.82) is 0 Å². The summed E-state index contributed by atoms with van der Waals surface area (Å²) >= 11 is 5.59. The number of likely N-dealkylation sites (tertiary alicyclic amines) is 1. The molecule has 1 saturated heterocycles. The average molecular weight is 350 g/mol. The van der Waals surface area contributed by atoms with Crippen molar-refractivity contribution in [2.75, 3.05) is 6.54 Å². The molecule has 3 heteroatoms. The molecule has 0 aliphatic carbocycles. The number of thiophene rings is 1. The average Bonchev–Trinajstić information content (AvgIpc) is 2.89. The normalized spacial score (nSPS) is 20.8. The zero-order chi connectivity index (χ0) is 13.8. The molecule has 1 aromatic heterocycles. The number of rotatable bonds is 3. The predicted molar refractivity (Wildman–Crippen MR) is 90.1 cm³/mol. The summed E-state index contributed by atoms with van der Waals surface area (Å²) in [5.41, 5.74) is 1.40. The molecule has 2 heterocycles. The van der Waals surface area contributed by atoms with Crippen LogP contribution in [0.15, 0.2) is 46.3 Å². The van der Waals surface area contributed by atoms with Gasteiger partial charge < -0.3 is 0 Å². The molecule has 0 unspecified atom stereocenters. The van der Waals surface area contributed by atoms with Crippen LogP contribution in [0, 0.1) is 0 Å². The fraction of sp³-hybridized carbons (Fsp3) is 0.412. The first-order chi connectivity index (χ1) is 9.84. The van der Waals surface area contributed by atoms with Crippen LogP contribution in [-0.2, 0) is 6.54 Å². The maximum atomic E-state index is 3.69. The van der Waals surface area contributed by atoms with E-state index in [0.717, 1.165) is 6.54 Å². The van der Waals surface area contributed by atoms with Gasteiger partial charge in [-0.25, -0.2) is 0 Å². The topological polar surface area (TPSA) is 3.24 Å². The Balaban J connectivity index is 1.82. The van der Waals surface area contributed by atoms with Gasteiger partial charge in [-0.2, -0.15) is 0 Å². The summed E-state index contributed by atoms with van der Waals surface area (Å²) in [6.07, 6.45) is 5.35. The third kappa shape index (κ3) is 3.33. The van der Waals surface area contributed by atoms with Gasteiger partial charge in [0, 0.05) is 21.9 Å². The zero-order valence-electron chi connectivity index (χ0n) is 11.6. The molecule has 106 valence electrons. The van der Waals surface area contributed by atoms with E-state index in [9.17, 15) is 0 Å². The third-order valence-corrected chi connectivity index (χ3v) is 5.81. The molecule has 1 aliphatic heterocycles. The lowest BCUT2D eigenvalue weighted by Crippen LogP contribution is -2.27. The second-order valence-electron chi connectivity index (χ2n) is 5.44. The Morgan fingerprint density at radius 3 is 2.80 bits per heavy atom. The minimum absolute atomic E-state index is 0.601. The molecule has 1 aromatic carbocycles. The largest absolute Gasteiger partial charge is 0.291 e. The number of halogens is 1. The first-order valence-corrected chi connectivity index (χ1v) is 9.03. The molecule has 0 radical (unpaired) electrons. The quantitative estimate of drug-likeness (QED) is 0.694. The van der Waals surface area contributed by atoms with Crippen LogP contribution in [-0.4, -0.2) is 11.4 Å². The van der Waals surface area contributed by atoms with Crippen molar-refractivity contribution in [3.05, 3.63) is 56.7 Å². The highest BCUT2D eigenvalue weighted by molar-refractivity contribution is 9.10. The maximum Gasteiger partial charge on any atom is 0.0445 e. The second-order valence-corrected chi connectivity index (χ2v) is 7.28. The smallest absolute Gasteiger partial charge is 0.0445 e. The summed E-state index contributed by atoms with van der Waals surface area (Å²) in [4.78, 5) is 4.19. The first kappa shape index (κ1) is 14.3. The van der Waals surface area contributed by atoms with Crippen molar-refractivity contribution < 1.29 is 0 Å². The van der Waals surface area contributed by atoms with Gasteiger partial charge in [-0.1, -0.05) is 53.0 Å². The molecule has 1 fully saturated rings. The van der Waals surface area contributed by atoms with Crippen LogP contribution in [0.1, 0.15) is 42.2 Å². The second kappa shape index (κ2) is 6.88. The summed E-state index contributed by atoms with van der Waals surface area (Å²) in [5.74, 6) is 0. The van der Waals surface area contributed by atoms with Gasteiger partial charge >= 0.3 is 0 Å². The standard InChI is InChI=1S/C17H20BrNS/c18-15-8-4-3-7-14(15)13-19-11-5-1-2-9-16(19)17-10-6-12-20-17/h3-4,6-8,10,12,16H,1-2,5,9,11,13H2/t16-/m0/s1. The predicted octanol–water partition coefficient (Wildman–Crippen LogP) is 5.63. The van der Waals surface area contributed by atoms with Crippen molar-refractivity contribution in [2.24, 2.45) is 0 Å². The van der Waals surface area contributed by atoms with Gasteiger partial charge in [0.05, 0.1) is 0 Å². The van der Waals surface area contributed by atoms with Crippen molar-refractivity contribution in [3.8, 4) is 0 Å². The molecule has 1 aliphatic rings. The molecule has 2 aromatic rings. The number of benzene rings is 1. The first-order valence-electron chi connectivity index (χ1n) is 7.35. The Labute approximate surface area is 133 Å². The minimum Gasteiger partial charge on any atom is -0.291 e. The van der Waals surface area contributed by atoms with Crippen LogP contribution in [0.25, 0.3) is 0 Å². The van der Waals surface area contributed by atoms with E-state index < -0.39 is 0 Å².